The number of hydrogen-bond donors (Lipinski definition) is 2. The zero-order valence-electron chi connectivity index (χ0n) is 19.8. The molecule has 0 amide bonds. The van der Waals surface area contributed by atoms with E-state index in [-0.39, 0.29) is 11.0 Å². The SMILES string of the molecule is C=CC(C)(C)c1cccc(-n2c3nc(Nc4ccc5c(c4)CNCC5)ncc3c(=O)n2CC)n1. The molecule has 2 N–H and O–H groups in total. The van der Waals surface area contributed by atoms with Crippen molar-refractivity contribution in [3.05, 3.63) is 82.4 Å². The van der Waals surface area contributed by atoms with Gasteiger partial charge in [-0.1, -0.05) is 32.1 Å². The van der Waals surface area contributed by atoms with Crippen LogP contribution >= 0.6 is 0 Å². The van der Waals surface area contributed by atoms with E-state index in [1.54, 1.807) is 15.6 Å². The molecule has 34 heavy (non-hydrogen) atoms. The molecule has 4 aromatic rings. The molecule has 1 aliphatic rings. The first-order chi connectivity index (χ1) is 16.4. The van der Waals surface area contributed by atoms with Crippen LogP contribution in [0.15, 0.2) is 60.0 Å². The van der Waals surface area contributed by atoms with Crippen molar-refractivity contribution in [2.24, 2.45) is 0 Å². The molecule has 8 nitrogen and oxygen atoms in total. The van der Waals surface area contributed by atoms with Gasteiger partial charge in [-0.2, -0.15) is 4.98 Å². The van der Waals surface area contributed by atoms with E-state index in [1.807, 2.05) is 37.3 Å². The van der Waals surface area contributed by atoms with Gasteiger partial charge < -0.3 is 10.6 Å². The third-order valence-electron chi connectivity index (χ3n) is 6.45. The number of anilines is 2. The van der Waals surface area contributed by atoms with Gasteiger partial charge in [-0.15, -0.1) is 6.58 Å². The number of benzene rings is 1. The molecule has 0 spiro atoms. The summed E-state index contributed by atoms with van der Waals surface area (Å²) in [5, 5.41) is 7.17. The first-order valence-electron chi connectivity index (χ1n) is 11.6. The van der Waals surface area contributed by atoms with E-state index in [0.717, 1.165) is 30.9 Å². The Balaban J connectivity index is 1.60. The summed E-state index contributed by atoms with van der Waals surface area (Å²) in [4.78, 5) is 27.2. The highest BCUT2D eigenvalue weighted by Gasteiger charge is 2.21. The van der Waals surface area contributed by atoms with Crippen LogP contribution in [0.5, 0.6) is 0 Å². The molecule has 1 aliphatic heterocycles. The van der Waals surface area contributed by atoms with Crippen molar-refractivity contribution >= 4 is 22.7 Å². The molecule has 5 rings (SSSR count). The fourth-order valence-electron chi connectivity index (χ4n) is 4.30. The first kappa shape index (κ1) is 22.0. The summed E-state index contributed by atoms with van der Waals surface area (Å²) >= 11 is 0. The summed E-state index contributed by atoms with van der Waals surface area (Å²) in [5.41, 5.74) is 4.49. The third-order valence-corrected chi connectivity index (χ3v) is 6.45. The van der Waals surface area contributed by atoms with E-state index >= 15 is 0 Å². The second kappa shape index (κ2) is 8.53. The smallest absolute Gasteiger partial charge is 0.278 e. The van der Waals surface area contributed by atoms with E-state index in [1.165, 1.54) is 11.1 Å². The number of hydrogen-bond acceptors (Lipinski definition) is 6. The Labute approximate surface area is 198 Å². The van der Waals surface area contributed by atoms with E-state index < -0.39 is 0 Å². The normalized spacial score (nSPS) is 13.6. The molecule has 1 aromatic carbocycles. The maximum absolute atomic E-state index is 13.1. The molecule has 3 aromatic heterocycles. The summed E-state index contributed by atoms with van der Waals surface area (Å²) in [6.45, 7) is 12.3. The molecule has 174 valence electrons. The van der Waals surface area contributed by atoms with E-state index in [0.29, 0.717) is 29.3 Å². The molecule has 0 atom stereocenters. The Kier molecular flexibility index (Phi) is 5.53. The standard InChI is InChI=1S/C26H29N7O/c1-5-26(3,4)21-8-7-9-22(30-21)33-23-20(24(34)32(33)6-2)16-28-25(31-23)29-19-11-10-17-12-13-27-15-18(17)14-19/h5,7-11,14,16,27H,1,6,12-13,15H2,2-4H3,(H,28,29,31). The van der Waals surface area contributed by atoms with Crippen LogP contribution in [0.3, 0.4) is 0 Å². The average Bonchev–Trinajstić information content (AvgIpc) is 3.14. The van der Waals surface area contributed by atoms with Gasteiger partial charge in [0, 0.05) is 30.4 Å². The minimum atomic E-state index is -0.306. The van der Waals surface area contributed by atoms with Gasteiger partial charge in [0.05, 0.1) is 5.69 Å². The van der Waals surface area contributed by atoms with Gasteiger partial charge in [0.15, 0.2) is 11.5 Å². The predicted octanol–water partition coefficient (Wildman–Crippen LogP) is 3.85. The number of aromatic nitrogens is 5. The lowest BCUT2D eigenvalue weighted by atomic mass is 9.89. The summed E-state index contributed by atoms with van der Waals surface area (Å²) in [7, 11) is 0. The van der Waals surface area contributed by atoms with Gasteiger partial charge >= 0.3 is 0 Å². The summed E-state index contributed by atoms with van der Waals surface area (Å²) in [6, 6.07) is 12.1. The number of allylic oxidation sites excluding steroid dienone is 1. The lowest BCUT2D eigenvalue weighted by Crippen LogP contribution is -2.23. The highest BCUT2D eigenvalue weighted by molar-refractivity contribution is 5.77. The molecule has 0 aliphatic carbocycles. The molecular formula is C26H29N7O. The number of rotatable bonds is 6. The van der Waals surface area contributed by atoms with Gasteiger partial charge in [-0.05, 0) is 55.3 Å². The maximum Gasteiger partial charge on any atom is 0.278 e. The molecule has 4 heterocycles. The Hall–Kier alpha value is -3.78. The summed E-state index contributed by atoms with van der Waals surface area (Å²) in [6.07, 6.45) is 4.49. The second-order valence-electron chi connectivity index (χ2n) is 9.11. The monoisotopic (exact) mass is 455 g/mol. The van der Waals surface area contributed by atoms with Gasteiger partial charge in [0.2, 0.25) is 5.95 Å². The number of pyridine rings is 1. The van der Waals surface area contributed by atoms with Crippen molar-refractivity contribution in [2.75, 3.05) is 11.9 Å². The van der Waals surface area contributed by atoms with Crippen LogP contribution in [0.1, 0.15) is 37.6 Å². The quantitative estimate of drug-likeness (QED) is 0.429. The minimum absolute atomic E-state index is 0.140. The van der Waals surface area contributed by atoms with Crippen molar-refractivity contribution in [1.29, 1.82) is 0 Å². The molecule has 0 saturated heterocycles. The van der Waals surface area contributed by atoms with E-state index in [2.05, 4.69) is 48.2 Å². The molecule has 8 heteroatoms. The zero-order valence-corrected chi connectivity index (χ0v) is 19.8. The molecular weight excluding hydrogens is 426 g/mol. The van der Waals surface area contributed by atoms with Crippen molar-refractivity contribution in [2.45, 2.75) is 45.7 Å². The minimum Gasteiger partial charge on any atom is -0.324 e. The average molecular weight is 456 g/mol. The van der Waals surface area contributed by atoms with Crippen molar-refractivity contribution in [1.82, 2.24) is 29.6 Å². The fraction of sp³-hybridized carbons (Fsp3) is 0.308. The van der Waals surface area contributed by atoms with Gasteiger partial charge in [-0.25, -0.2) is 19.3 Å². The van der Waals surface area contributed by atoms with E-state index in [4.69, 9.17) is 9.97 Å². The summed E-state index contributed by atoms with van der Waals surface area (Å²) in [5.74, 6) is 1.06. The Bertz CT molecular complexity index is 1450. The Morgan fingerprint density at radius 1 is 1.21 bits per heavy atom. The van der Waals surface area contributed by atoms with Crippen LogP contribution in [-0.2, 0) is 24.9 Å². The van der Waals surface area contributed by atoms with Gasteiger partial charge in [0.1, 0.15) is 5.39 Å². The van der Waals surface area contributed by atoms with Crippen molar-refractivity contribution in [3.8, 4) is 5.82 Å². The third kappa shape index (κ3) is 3.80. The van der Waals surface area contributed by atoms with Crippen molar-refractivity contribution in [3.63, 3.8) is 0 Å². The van der Waals surface area contributed by atoms with Crippen LogP contribution in [0.4, 0.5) is 11.6 Å². The molecule has 0 bridgehead atoms. The number of nitrogens with one attached hydrogen (secondary N) is 2. The molecule has 0 unspecified atom stereocenters. The van der Waals surface area contributed by atoms with Crippen LogP contribution in [0.2, 0.25) is 0 Å². The van der Waals surface area contributed by atoms with Gasteiger partial charge in [-0.3, -0.25) is 4.79 Å². The molecule has 0 fully saturated rings. The lowest BCUT2D eigenvalue weighted by molar-refractivity contribution is 0.561. The second-order valence-corrected chi connectivity index (χ2v) is 9.11. The maximum atomic E-state index is 13.1. The highest BCUT2D eigenvalue weighted by atomic mass is 16.1. The van der Waals surface area contributed by atoms with E-state index in [9.17, 15) is 4.79 Å². The van der Waals surface area contributed by atoms with Gasteiger partial charge in [0.25, 0.3) is 5.56 Å². The largest absolute Gasteiger partial charge is 0.324 e. The van der Waals surface area contributed by atoms with Crippen LogP contribution in [-0.4, -0.2) is 30.9 Å². The van der Waals surface area contributed by atoms with Crippen molar-refractivity contribution < 1.29 is 0 Å². The van der Waals surface area contributed by atoms with Crippen LogP contribution in [0.25, 0.3) is 16.9 Å². The summed E-state index contributed by atoms with van der Waals surface area (Å²) < 4.78 is 3.42. The lowest BCUT2D eigenvalue weighted by Gasteiger charge is -2.20. The Morgan fingerprint density at radius 2 is 2.06 bits per heavy atom. The molecule has 0 radical (unpaired) electrons. The number of nitrogens with zero attached hydrogens (tertiary/aromatic N) is 5. The predicted molar refractivity (Wildman–Crippen MR) is 135 cm³/mol. The first-order valence-corrected chi connectivity index (χ1v) is 11.6. The topological polar surface area (TPSA) is 89.7 Å². The fourth-order valence-corrected chi connectivity index (χ4v) is 4.30. The highest BCUT2D eigenvalue weighted by Crippen LogP contribution is 2.25. The van der Waals surface area contributed by atoms with Crippen LogP contribution in [0, 0.1) is 0 Å². The Morgan fingerprint density at radius 3 is 2.85 bits per heavy atom. The molecule has 0 saturated carbocycles. The zero-order chi connectivity index (χ0) is 23.9. The number of fused-ring (bicyclic) bond motifs is 2. The van der Waals surface area contributed by atoms with Crippen LogP contribution < -0.4 is 16.2 Å².